The van der Waals surface area contributed by atoms with E-state index < -0.39 is 6.03 Å². The fourth-order valence-corrected chi connectivity index (χ4v) is 1.24. The summed E-state index contributed by atoms with van der Waals surface area (Å²) in [4.78, 5) is 12.2. The van der Waals surface area contributed by atoms with Gasteiger partial charge in [0.05, 0.1) is 0 Å². The van der Waals surface area contributed by atoms with Crippen molar-refractivity contribution in [2.45, 2.75) is 6.54 Å². The molecule has 5 N–H and O–H groups in total. The number of primary amides is 1. The van der Waals surface area contributed by atoms with Crippen LogP contribution >= 0.6 is 0 Å². The van der Waals surface area contributed by atoms with Crippen LogP contribution in [0.15, 0.2) is 29.4 Å². The maximum atomic E-state index is 10.8. The predicted molar refractivity (Wildman–Crippen MR) is 60.0 cm³/mol. The van der Waals surface area contributed by atoms with Crippen molar-refractivity contribution in [3.63, 3.8) is 0 Å². The number of nitrogens with zero attached hydrogens (tertiary/aromatic N) is 2. The summed E-state index contributed by atoms with van der Waals surface area (Å²) in [6.45, 7) is 0.377. The first kappa shape index (κ1) is 11.8. The third kappa shape index (κ3) is 2.88. The third-order valence-corrected chi connectivity index (χ3v) is 2.13. The van der Waals surface area contributed by atoms with E-state index in [1.165, 1.54) is 4.90 Å². The Morgan fingerprint density at radius 1 is 1.50 bits per heavy atom. The van der Waals surface area contributed by atoms with Gasteiger partial charge in [0, 0.05) is 19.2 Å². The number of benzene rings is 1. The van der Waals surface area contributed by atoms with Crippen molar-refractivity contribution >= 4 is 11.9 Å². The molecule has 0 fully saturated rings. The summed E-state index contributed by atoms with van der Waals surface area (Å²) in [6, 6.07) is 6.52. The second-order valence-electron chi connectivity index (χ2n) is 3.38. The molecule has 6 heteroatoms. The predicted octanol–water partition coefficient (Wildman–Crippen LogP) is 0.292. The van der Waals surface area contributed by atoms with E-state index in [1.807, 2.05) is 6.07 Å². The van der Waals surface area contributed by atoms with Gasteiger partial charge in [-0.2, -0.15) is 0 Å². The first-order valence-corrected chi connectivity index (χ1v) is 4.62. The molecular weight excluding hydrogens is 208 g/mol. The van der Waals surface area contributed by atoms with Gasteiger partial charge in [-0.1, -0.05) is 23.4 Å². The molecule has 0 spiro atoms. The molecule has 0 aromatic heterocycles. The molecule has 0 aliphatic carbocycles. The number of rotatable bonds is 3. The van der Waals surface area contributed by atoms with Crippen molar-refractivity contribution < 1.29 is 10.0 Å². The van der Waals surface area contributed by atoms with Gasteiger partial charge in [0.1, 0.15) is 0 Å². The molecule has 6 nitrogen and oxygen atoms in total. The fourth-order valence-electron chi connectivity index (χ4n) is 1.24. The van der Waals surface area contributed by atoms with E-state index in [9.17, 15) is 4.79 Å². The molecule has 1 rings (SSSR count). The highest BCUT2D eigenvalue weighted by molar-refractivity contribution is 5.97. The van der Waals surface area contributed by atoms with Gasteiger partial charge < -0.3 is 21.6 Å². The van der Waals surface area contributed by atoms with Gasteiger partial charge >= 0.3 is 6.03 Å². The van der Waals surface area contributed by atoms with Crippen molar-refractivity contribution in [3.8, 4) is 0 Å². The Labute approximate surface area is 93.1 Å². The zero-order valence-electron chi connectivity index (χ0n) is 8.92. The van der Waals surface area contributed by atoms with Crippen molar-refractivity contribution in [1.82, 2.24) is 4.90 Å². The maximum absolute atomic E-state index is 10.8. The first-order valence-electron chi connectivity index (χ1n) is 4.62. The minimum atomic E-state index is -0.505. The summed E-state index contributed by atoms with van der Waals surface area (Å²) in [5.74, 6) is 0.0311. The number of amides is 2. The van der Waals surface area contributed by atoms with E-state index in [0.717, 1.165) is 5.56 Å². The number of hydrogen-bond donors (Lipinski definition) is 3. The zero-order chi connectivity index (χ0) is 12.1. The molecule has 0 saturated carbocycles. The summed E-state index contributed by atoms with van der Waals surface area (Å²) in [5, 5.41) is 11.4. The van der Waals surface area contributed by atoms with Crippen molar-refractivity contribution in [2.24, 2.45) is 16.6 Å². The highest BCUT2D eigenvalue weighted by Crippen LogP contribution is 2.07. The fraction of sp³-hybridized carbons (Fsp3) is 0.200. The molecule has 86 valence electrons. The molecule has 2 amide bonds. The van der Waals surface area contributed by atoms with Crippen molar-refractivity contribution in [1.29, 1.82) is 0 Å². The van der Waals surface area contributed by atoms with Crippen molar-refractivity contribution in [3.05, 3.63) is 35.4 Å². The standard InChI is InChI=1S/C10H14N4O2/c1-14(10(12)15)6-7-3-2-4-8(5-7)9(11)13-16/h2-5,16H,6H2,1H3,(H2,11,13)(H2,12,15). The Bertz CT molecular complexity index is 417. The third-order valence-electron chi connectivity index (χ3n) is 2.13. The Morgan fingerprint density at radius 2 is 2.19 bits per heavy atom. The van der Waals surface area contributed by atoms with E-state index in [4.69, 9.17) is 16.7 Å². The summed E-state index contributed by atoms with van der Waals surface area (Å²) in [7, 11) is 1.60. The van der Waals surface area contributed by atoms with Gasteiger partial charge in [0.2, 0.25) is 0 Å². The minimum absolute atomic E-state index is 0.0311. The van der Waals surface area contributed by atoms with Crippen LogP contribution in [0.2, 0.25) is 0 Å². The molecule has 1 aromatic rings. The Morgan fingerprint density at radius 3 is 2.75 bits per heavy atom. The van der Waals surface area contributed by atoms with E-state index in [0.29, 0.717) is 12.1 Å². The van der Waals surface area contributed by atoms with Crippen LogP contribution in [-0.2, 0) is 6.54 Å². The van der Waals surface area contributed by atoms with E-state index in [2.05, 4.69) is 5.16 Å². The van der Waals surface area contributed by atoms with Crippen LogP contribution in [0.4, 0.5) is 4.79 Å². The van der Waals surface area contributed by atoms with Crippen molar-refractivity contribution in [2.75, 3.05) is 7.05 Å². The van der Waals surface area contributed by atoms with E-state index >= 15 is 0 Å². The van der Waals surface area contributed by atoms with Crippen LogP contribution in [0.3, 0.4) is 0 Å². The zero-order valence-corrected chi connectivity index (χ0v) is 8.92. The first-order chi connectivity index (χ1) is 7.54. The maximum Gasteiger partial charge on any atom is 0.314 e. The summed E-state index contributed by atoms with van der Waals surface area (Å²) in [5.41, 5.74) is 12.0. The van der Waals surface area contributed by atoms with Gasteiger partial charge in [-0.05, 0) is 11.6 Å². The molecule has 0 unspecified atom stereocenters. The van der Waals surface area contributed by atoms with Crippen LogP contribution in [0, 0.1) is 0 Å². The number of oxime groups is 1. The van der Waals surface area contributed by atoms with E-state index in [1.54, 1.807) is 25.2 Å². The molecule has 0 aliphatic heterocycles. The number of carbonyl (C=O) groups is 1. The molecular formula is C10H14N4O2. The Hall–Kier alpha value is -2.24. The number of amidine groups is 1. The Balaban J connectivity index is 2.87. The van der Waals surface area contributed by atoms with Crippen LogP contribution in [0.5, 0.6) is 0 Å². The topological polar surface area (TPSA) is 105 Å². The summed E-state index contributed by atoms with van der Waals surface area (Å²) >= 11 is 0. The Kier molecular flexibility index (Phi) is 3.71. The molecule has 16 heavy (non-hydrogen) atoms. The molecule has 0 saturated heterocycles. The minimum Gasteiger partial charge on any atom is -0.409 e. The monoisotopic (exact) mass is 222 g/mol. The lowest BCUT2D eigenvalue weighted by molar-refractivity contribution is 0.216. The van der Waals surface area contributed by atoms with Crippen LogP contribution in [0.1, 0.15) is 11.1 Å². The summed E-state index contributed by atoms with van der Waals surface area (Å²) in [6.07, 6.45) is 0. The lowest BCUT2D eigenvalue weighted by atomic mass is 10.1. The SMILES string of the molecule is CN(Cc1cccc(C(N)=NO)c1)C(N)=O. The average molecular weight is 222 g/mol. The molecule has 0 radical (unpaired) electrons. The van der Waals surface area contributed by atoms with Gasteiger partial charge in [-0.15, -0.1) is 0 Å². The van der Waals surface area contributed by atoms with Gasteiger partial charge in [0.25, 0.3) is 0 Å². The highest BCUT2D eigenvalue weighted by Gasteiger charge is 2.05. The van der Waals surface area contributed by atoms with Gasteiger partial charge in [-0.3, -0.25) is 0 Å². The highest BCUT2D eigenvalue weighted by atomic mass is 16.4. The smallest absolute Gasteiger partial charge is 0.314 e. The van der Waals surface area contributed by atoms with E-state index in [-0.39, 0.29) is 5.84 Å². The molecule has 0 bridgehead atoms. The number of hydrogen-bond acceptors (Lipinski definition) is 3. The van der Waals surface area contributed by atoms with Crippen LogP contribution in [-0.4, -0.2) is 29.0 Å². The quantitative estimate of drug-likeness (QED) is 0.296. The van der Waals surface area contributed by atoms with Crippen LogP contribution in [0.25, 0.3) is 0 Å². The largest absolute Gasteiger partial charge is 0.409 e. The number of urea groups is 1. The average Bonchev–Trinajstić information content (AvgIpc) is 2.28. The summed E-state index contributed by atoms with van der Waals surface area (Å²) < 4.78 is 0. The van der Waals surface area contributed by atoms with Gasteiger partial charge in [0.15, 0.2) is 5.84 Å². The second kappa shape index (κ2) is 5.01. The molecule has 0 atom stereocenters. The normalized spacial score (nSPS) is 11.2. The second-order valence-corrected chi connectivity index (χ2v) is 3.38. The van der Waals surface area contributed by atoms with Gasteiger partial charge in [-0.25, -0.2) is 4.79 Å². The lowest BCUT2D eigenvalue weighted by Gasteiger charge is -2.14. The van der Waals surface area contributed by atoms with Crippen LogP contribution < -0.4 is 11.5 Å². The number of nitrogens with two attached hydrogens (primary N) is 2. The lowest BCUT2D eigenvalue weighted by Crippen LogP contribution is -2.31. The molecule has 0 heterocycles. The molecule has 1 aromatic carbocycles. The number of carbonyl (C=O) groups excluding carboxylic acids is 1. The molecule has 0 aliphatic rings.